The van der Waals surface area contributed by atoms with Crippen molar-refractivity contribution in [3.05, 3.63) is 23.8 Å². The Morgan fingerprint density at radius 1 is 1.18 bits per heavy atom. The minimum atomic E-state index is -0.0192. The summed E-state index contributed by atoms with van der Waals surface area (Å²) in [6.45, 7) is 9.92. The van der Waals surface area contributed by atoms with Crippen molar-refractivity contribution in [1.29, 1.82) is 0 Å². The van der Waals surface area contributed by atoms with Crippen molar-refractivity contribution < 1.29 is 9.47 Å². The van der Waals surface area contributed by atoms with Crippen LogP contribution in [0.3, 0.4) is 0 Å². The van der Waals surface area contributed by atoms with Crippen molar-refractivity contribution in [1.82, 2.24) is 10.6 Å². The van der Waals surface area contributed by atoms with Gasteiger partial charge in [-0.2, -0.15) is 0 Å². The molecule has 0 saturated carbocycles. The number of nitrogens with one attached hydrogen (secondary N) is 2. The molecule has 0 unspecified atom stereocenters. The maximum Gasteiger partial charge on any atom is 0.191 e. The summed E-state index contributed by atoms with van der Waals surface area (Å²) in [5.74, 6) is 2.53. The highest BCUT2D eigenvalue weighted by Crippen LogP contribution is 2.24. The fraction of sp³-hybridized carbons (Fsp3) is 0.588. The molecule has 0 saturated heterocycles. The van der Waals surface area contributed by atoms with E-state index in [1.807, 2.05) is 18.2 Å². The molecule has 1 aromatic carbocycles. The van der Waals surface area contributed by atoms with Gasteiger partial charge in [-0.25, -0.2) is 0 Å². The van der Waals surface area contributed by atoms with Crippen LogP contribution in [0.15, 0.2) is 23.2 Å². The van der Waals surface area contributed by atoms with Gasteiger partial charge in [0, 0.05) is 18.6 Å². The van der Waals surface area contributed by atoms with Crippen molar-refractivity contribution in [2.24, 2.45) is 4.99 Å². The predicted molar refractivity (Wildman–Crippen MR) is 92.1 cm³/mol. The molecule has 5 heteroatoms. The average Bonchev–Trinajstić information content (AvgIpc) is 2.45. The molecule has 0 fully saturated rings. The lowest BCUT2D eigenvalue weighted by molar-refractivity contribution is 0.399. The van der Waals surface area contributed by atoms with Gasteiger partial charge in [0.25, 0.3) is 0 Å². The van der Waals surface area contributed by atoms with Crippen LogP contribution >= 0.6 is 0 Å². The summed E-state index contributed by atoms with van der Waals surface area (Å²) in [5, 5.41) is 6.64. The Bertz CT molecular complexity index is 493. The largest absolute Gasteiger partial charge is 0.497 e. The molecule has 0 spiro atoms. The number of nitrogens with zero attached hydrogens (tertiary/aromatic N) is 1. The van der Waals surface area contributed by atoms with Crippen molar-refractivity contribution in [2.75, 3.05) is 27.3 Å². The molecular weight excluding hydrogens is 278 g/mol. The number of hydrogen-bond donors (Lipinski definition) is 2. The van der Waals surface area contributed by atoms with E-state index in [1.165, 1.54) is 0 Å². The standard InChI is InChI=1S/C17H29N3O2/c1-7-18-16(20-17(2,3)4)19-11-10-13-12-14(21-5)8-9-15(13)22-6/h8-9,12H,7,10-11H2,1-6H3,(H2,18,19,20). The lowest BCUT2D eigenvalue weighted by Crippen LogP contribution is -2.47. The smallest absolute Gasteiger partial charge is 0.191 e. The van der Waals surface area contributed by atoms with E-state index >= 15 is 0 Å². The predicted octanol–water partition coefficient (Wildman–Crippen LogP) is 2.60. The van der Waals surface area contributed by atoms with Crippen molar-refractivity contribution in [3.8, 4) is 11.5 Å². The maximum absolute atomic E-state index is 5.40. The Labute approximate surface area is 134 Å². The summed E-state index contributed by atoms with van der Waals surface area (Å²) >= 11 is 0. The lowest BCUT2D eigenvalue weighted by Gasteiger charge is -2.23. The fourth-order valence-electron chi connectivity index (χ4n) is 2.03. The van der Waals surface area contributed by atoms with Crippen LogP contribution in [0, 0.1) is 0 Å². The Morgan fingerprint density at radius 2 is 1.91 bits per heavy atom. The highest BCUT2D eigenvalue weighted by atomic mass is 16.5. The van der Waals surface area contributed by atoms with Gasteiger partial charge in [-0.05, 0) is 57.9 Å². The Hall–Kier alpha value is -1.91. The van der Waals surface area contributed by atoms with E-state index < -0.39 is 0 Å². The van der Waals surface area contributed by atoms with Crippen LogP contribution in [0.25, 0.3) is 0 Å². The SMILES string of the molecule is CCNC(=NCCc1cc(OC)ccc1OC)NC(C)(C)C. The van der Waals surface area contributed by atoms with Gasteiger partial charge in [-0.15, -0.1) is 0 Å². The third-order valence-corrected chi connectivity index (χ3v) is 2.98. The van der Waals surface area contributed by atoms with Crippen LogP contribution in [-0.2, 0) is 6.42 Å². The van der Waals surface area contributed by atoms with Crippen LogP contribution < -0.4 is 20.1 Å². The number of benzene rings is 1. The molecule has 0 aliphatic heterocycles. The van der Waals surface area contributed by atoms with Gasteiger partial charge in [-0.3, -0.25) is 4.99 Å². The molecule has 124 valence electrons. The molecule has 0 radical (unpaired) electrons. The van der Waals surface area contributed by atoms with Gasteiger partial charge in [0.2, 0.25) is 0 Å². The first-order valence-corrected chi connectivity index (χ1v) is 7.67. The minimum absolute atomic E-state index is 0.0192. The number of rotatable bonds is 6. The van der Waals surface area contributed by atoms with Crippen molar-refractivity contribution in [3.63, 3.8) is 0 Å². The highest BCUT2D eigenvalue weighted by Gasteiger charge is 2.11. The van der Waals surface area contributed by atoms with Crippen molar-refractivity contribution >= 4 is 5.96 Å². The molecule has 22 heavy (non-hydrogen) atoms. The van der Waals surface area contributed by atoms with Crippen molar-refractivity contribution in [2.45, 2.75) is 39.7 Å². The second-order valence-electron chi connectivity index (χ2n) is 6.06. The molecule has 1 rings (SSSR count). The summed E-state index contributed by atoms with van der Waals surface area (Å²) in [4.78, 5) is 4.62. The van der Waals surface area contributed by atoms with Gasteiger partial charge in [0.05, 0.1) is 14.2 Å². The van der Waals surface area contributed by atoms with E-state index in [1.54, 1.807) is 14.2 Å². The van der Waals surface area contributed by atoms with Crippen LogP contribution in [0.2, 0.25) is 0 Å². The fourth-order valence-corrected chi connectivity index (χ4v) is 2.03. The van der Waals surface area contributed by atoms with E-state index in [0.717, 1.165) is 36.0 Å². The van der Waals surface area contributed by atoms with Gasteiger partial charge in [0.1, 0.15) is 11.5 Å². The van der Waals surface area contributed by atoms with Gasteiger partial charge < -0.3 is 20.1 Å². The van der Waals surface area contributed by atoms with Gasteiger partial charge in [-0.1, -0.05) is 0 Å². The Morgan fingerprint density at radius 3 is 2.45 bits per heavy atom. The second-order valence-corrected chi connectivity index (χ2v) is 6.06. The molecule has 2 N–H and O–H groups in total. The number of methoxy groups -OCH3 is 2. The molecule has 0 amide bonds. The molecule has 0 atom stereocenters. The number of ether oxygens (including phenoxy) is 2. The first-order valence-electron chi connectivity index (χ1n) is 7.67. The molecule has 5 nitrogen and oxygen atoms in total. The first-order chi connectivity index (χ1) is 10.4. The maximum atomic E-state index is 5.40. The molecule has 0 aliphatic carbocycles. The van der Waals surface area contributed by atoms with Crippen LogP contribution in [0.1, 0.15) is 33.3 Å². The average molecular weight is 307 g/mol. The van der Waals surface area contributed by atoms with E-state index in [0.29, 0.717) is 6.54 Å². The molecule has 1 aromatic rings. The second kappa shape index (κ2) is 8.51. The topological polar surface area (TPSA) is 54.9 Å². The lowest BCUT2D eigenvalue weighted by atomic mass is 10.1. The number of aliphatic imine (C=N–C) groups is 1. The van der Waals surface area contributed by atoms with E-state index in [-0.39, 0.29) is 5.54 Å². The molecule has 0 heterocycles. The number of guanidine groups is 1. The van der Waals surface area contributed by atoms with E-state index in [9.17, 15) is 0 Å². The summed E-state index contributed by atoms with van der Waals surface area (Å²) < 4.78 is 10.7. The third-order valence-electron chi connectivity index (χ3n) is 2.98. The number of hydrogen-bond acceptors (Lipinski definition) is 3. The molecule has 0 aromatic heterocycles. The molecule has 0 bridgehead atoms. The van der Waals surface area contributed by atoms with Crippen LogP contribution in [0.5, 0.6) is 11.5 Å². The minimum Gasteiger partial charge on any atom is -0.497 e. The van der Waals surface area contributed by atoms with Crippen LogP contribution in [0.4, 0.5) is 0 Å². The first kappa shape index (κ1) is 18.1. The quantitative estimate of drug-likeness (QED) is 0.626. The Balaban J connectivity index is 2.76. The summed E-state index contributed by atoms with van der Waals surface area (Å²) in [5.41, 5.74) is 1.08. The van der Waals surface area contributed by atoms with Gasteiger partial charge >= 0.3 is 0 Å². The zero-order valence-electron chi connectivity index (χ0n) is 14.6. The normalized spacial score (nSPS) is 12.0. The van der Waals surface area contributed by atoms with Gasteiger partial charge in [0.15, 0.2) is 5.96 Å². The summed E-state index contributed by atoms with van der Waals surface area (Å²) in [6, 6.07) is 5.83. The summed E-state index contributed by atoms with van der Waals surface area (Å²) in [7, 11) is 3.35. The van der Waals surface area contributed by atoms with Crippen LogP contribution in [-0.4, -0.2) is 38.8 Å². The van der Waals surface area contributed by atoms with E-state index in [4.69, 9.17) is 9.47 Å². The zero-order valence-corrected chi connectivity index (χ0v) is 14.6. The Kier molecular flexibility index (Phi) is 7.02. The highest BCUT2D eigenvalue weighted by molar-refractivity contribution is 5.80. The zero-order chi connectivity index (χ0) is 16.6. The van der Waals surface area contributed by atoms with E-state index in [2.05, 4.69) is 43.3 Å². The monoisotopic (exact) mass is 307 g/mol. The molecule has 0 aliphatic rings. The summed E-state index contributed by atoms with van der Waals surface area (Å²) in [6.07, 6.45) is 0.793. The molecular formula is C17H29N3O2. The third kappa shape index (κ3) is 6.24.